The van der Waals surface area contributed by atoms with Gasteiger partial charge in [0.15, 0.2) is 0 Å². The molecule has 0 saturated carbocycles. The minimum Gasteiger partial charge on any atom is -0.423 e. The van der Waals surface area contributed by atoms with Crippen LogP contribution in [0.4, 0.5) is 0 Å². The Balaban J connectivity index is 1.82. The van der Waals surface area contributed by atoms with Gasteiger partial charge in [-0.25, -0.2) is 4.79 Å². The van der Waals surface area contributed by atoms with Crippen molar-refractivity contribution in [2.75, 3.05) is 0 Å². The van der Waals surface area contributed by atoms with Crippen molar-refractivity contribution in [3.63, 3.8) is 0 Å². The molecule has 3 heteroatoms. The van der Waals surface area contributed by atoms with Crippen molar-refractivity contribution in [3.8, 4) is 5.75 Å². The van der Waals surface area contributed by atoms with E-state index >= 15 is 0 Å². The number of ether oxygens (including phenoxy) is 1. The summed E-state index contributed by atoms with van der Waals surface area (Å²) in [4.78, 5) is 12.6. The van der Waals surface area contributed by atoms with Gasteiger partial charge in [-0.05, 0) is 52.4 Å². The van der Waals surface area contributed by atoms with Crippen molar-refractivity contribution in [2.24, 2.45) is 0 Å². The Labute approximate surface area is 159 Å². The summed E-state index contributed by atoms with van der Waals surface area (Å²) in [6.07, 6.45) is -1.12. The molecule has 3 nitrogen and oxygen atoms in total. The molecule has 1 N–H and O–H groups in total. The van der Waals surface area contributed by atoms with Crippen LogP contribution in [0.2, 0.25) is 0 Å². The van der Waals surface area contributed by atoms with Gasteiger partial charge in [0.05, 0.1) is 5.57 Å². The van der Waals surface area contributed by atoms with Gasteiger partial charge in [0.1, 0.15) is 11.9 Å². The van der Waals surface area contributed by atoms with Crippen LogP contribution in [-0.4, -0.2) is 11.1 Å². The standard InChI is InChI=1S/C24H24O3/c1-15(2)21-12-9-16(3)13-22(21)27-24(26)17(4)23(25)20-11-10-18-7-5-6-8-19(18)14-20/h5-15,23,25H,4H2,1-3H3. The third-order valence-corrected chi connectivity index (χ3v) is 4.68. The molecule has 3 rings (SSSR count). The average Bonchev–Trinajstić information content (AvgIpc) is 2.66. The smallest absolute Gasteiger partial charge is 0.341 e. The molecule has 0 amide bonds. The number of hydrogen-bond acceptors (Lipinski definition) is 3. The summed E-state index contributed by atoms with van der Waals surface area (Å²) in [6.45, 7) is 9.81. The molecule has 0 radical (unpaired) electrons. The molecule has 0 aliphatic heterocycles. The summed E-state index contributed by atoms with van der Waals surface area (Å²) in [7, 11) is 0. The van der Waals surface area contributed by atoms with E-state index in [0.717, 1.165) is 21.9 Å². The highest BCUT2D eigenvalue weighted by molar-refractivity contribution is 5.91. The third kappa shape index (κ3) is 4.09. The fourth-order valence-electron chi connectivity index (χ4n) is 3.06. The zero-order chi connectivity index (χ0) is 19.6. The normalized spacial score (nSPS) is 12.2. The van der Waals surface area contributed by atoms with E-state index in [1.165, 1.54) is 0 Å². The number of aryl methyl sites for hydroxylation is 1. The first-order valence-electron chi connectivity index (χ1n) is 9.05. The highest BCUT2D eigenvalue weighted by Crippen LogP contribution is 2.30. The molecular formula is C24H24O3. The van der Waals surface area contributed by atoms with Crippen LogP contribution in [0.3, 0.4) is 0 Å². The van der Waals surface area contributed by atoms with Crippen LogP contribution in [0.5, 0.6) is 5.75 Å². The van der Waals surface area contributed by atoms with Gasteiger partial charge in [-0.15, -0.1) is 0 Å². The van der Waals surface area contributed by atoms with E-state index in [-0.39, 0.29) is 11.5 Å². The Hall–Kier alpha value is -2.91. The fraction of sp³-hybridized carbons (Fsp3) is 0.208. The van der Waals surface area contributed by atoms with Crippen molar-refractivity contribution >= 4 is 16.7 Å². The number of aliphatic hydroxyl groups excluding tert-OH is 1. The summed E-state index contributed by atoms with van der Waals surface area (Å²) < 4.78 is 5.58. The maximum atomic E-state index is 12.6. The fourth-order valence-corrected chi connectivity index (χ4v) is 3.06. The number of rotatable bonds is 5. The molecule has 0 aliphatic carbocycles. The summed E-state index contributed by atoms with van der Waals surface area (Å²) >= 11 is 0. The van der Waals surface area contributed by atoms with Crippen LogP contribution < -0.4 is 4.74 Å². The lowest BCUT2D eigenvalue weighted by molar-refractivity contribution is -0.131. The minimum absolute atomic E-state index is 0.0153. The van der Waals surface area contributed by atoms with E-state index in [0.29, 0.717) is 11.3 Å². The average molecular weight is 360 g/mol. The number of esters is 1. The molecule has 0 saturated heterocycles. The van der Waals surface area contributed by atoms with Gasteiger partial charge < -0.3 is 9.84 Å². The van der Waals surface area contributed by atoms with E-state index in [4.69, 9.17) is 4.74 Å². The van der Waals surface area contributed by atoms with Gasteiger partial charge in [-0.2, -0.15) is 0 Å². The highest BCUT2D eigenvalue weighted by atomic mass is 16.5. The largest absolute Gasteiger partial charge is 0.423 e. The number of aliphatic hydroxyl groups is 1. The summed E-state index contributed by atoms with van der Waals surface area (Å²) in [6, 6.07) is 19.2. The number of benzene rings is 3. The van der Waals surface area contributed by atoms with E-state index in [2.05, 4.69) is 6.58 Å². The SMILES string of the molecule is C=C(C(=O)Oc1cc(C)ccc1C(C)C)C(O)c1ccc2ccccc2c1. The number of carbonyl (C=O) groups excluding carboxylic acids is 1. The topological polar surface area (TPSA) is 46.5 Å². The second kappa shape index (κ2) is 7.77. The Kier molecular flexibility index (Phi) is 5.43. The highest BCUT2D eigenvalue weighted by Gasteiger charge is 2.22. The molecular weight excluding hydrogens is 336 g/mol. The predicted molar refractivity (Wildman–Crippen MR) is 109 cm³/mol. The van der Waals surface area contributed by atoms with E-state index in [9.17, 15) is 9.90 Å². The van der Waals surface area contributed by atoms with Gasteiger partial charge in [-0.1, -0.05) is 69.0 Å². The molecule has 3 aromatic carbocycles. The lowest BCUT2D eigenvalue weighted by atomic mass is 9.99. The second-order valence-corrected chi connectivity index (χ2v) is 7.12. The molecule has 0 aliphatic rings. The number of carbonyl (C=O) groups is 1. The second-order valence-electron chi connectivity index (χ2n) is 7.12. The number of fused-ring (bicyclic) bond motifs is 1. The van der Waals surface area contributed by atoms with Crippen LogP contribution >= 0.6 is 0 Å². The van der Waals surface area contributed by atoms with Gasteiger partial charge in [-0.3, -0.25) is 0 Å². The maximum Gasteiger partial charge on any atom is 0.341 e. The van der Waals surface area contributed by atoms with Gasteiger partial charge in [0.25, 0.3) is 0 Å². The monoisotopic (exact) mass is 360 g/mol. The van der Waals surface area contributed by atoms with E-state index in [1.807, 2.05) is 75.4 Å². The van der Waals surface area contributed by atoms with Crippen molar-refractivity contribution in [2.45, 2.75) is 32.8 Å². The molecule has 0 bridgehead atoms. The molecule has 0 fully saturated rings. The quantitative estimate of drug-likeness (QED) is 0.373. The molecule has 3 aromatic rings. The Bertz CT molecular complexity index is 1000. The van der Waals surface area contributed by atoms with Crippen molar-refractivity contribution < 1.29 is 14.6 Å². The first-order valence-corrected chi connectivity index (χ1v) is 9.05. The summed E-state index contributed by atoms with van der Waals surface area (Å²) in [5.74, 6) is 0.108. The van der Waals surface area contributed by atoms with Crippen LogP contribution in [-0.2, 0) is 4.79 Å². The Morgan fingerprint density at radius 2 is 1.70 bits per heavy atom. The molecule has 27 heavy (non-hydrogen) atoms. The van der Waals surface area contributed by atoms with E-state index < -0.39 is 12.1 Å². The van der Waals surface area contributed by atoms with Crippen LogP contribution in [0.15, 0.2) is 72.8 Å². The number of hydrogen-bond donors (Lipinski definition) is 1. The first kappa shape index (κ1) is 18.9. The van der Waals surface area contributed by atoms with Crippen molar-refractivity contribution in [1.29, 1.82) is 0 Å². The molecule has 138 valence electrons. The Morgan fingerprint density at radius 3 is 2.41 bits per heavy atom. The third-order valence-electron chi connectivity index (χ3n) is 4.68. The van der Waals surface area contributed by atoms with Gasteiger partial charge >= 0.3 is 5.97 Å². The maximum absolute atomic E-state index is 12.6. The molecule has 1 atom stereocenters. The summed E-state index contributed by atoms with van der Waals surface area (Å²) in [5.41, 5.74) is 2.58. The molecule has 0 heterocycles. The van der Waals surface area contributed by atoms with Crippen LogP contribution in [0.25, 0.3) is 10.8 Å². The summed E-state index contributed by atoms with van der Waals surface area (Å²) in [5, 5.41) is 12.7. The first-order chi connectivity index (χ1) is 12.9. The van der Waals surface area contributed by atoms with Crippen molar-refractivity contribution in [3.05, 3.63) is 89.5 Å². The van der Waals surface area contributed by atoms with Crippen molar-refractivity contribution in [1.82, 2.24) is 0 Å². The minimum atomic E-state index is -1.12. The lowest BCUT2D eigenvalue weighted by Gasteiger charge is -2.17. The molecule has 0 spiro atoms. The molecule has 0 aromatic heterocycles. The van der Waals surface area contributed by atoms with Crippen LogP contribution in [0.1, 0.15) is 42.6 Å². The zero-order valence-electron chi connectivity index (χ0n) is 15.9. The van der Waals surface area contributed by atoms with E-state index in [1.54, 1.807) is 6.07 Å². The van der Waals surface area contributed by atoms with Gasteiger partial charge in [0, 0.05) is 0 Å². The lowest BCUT2D eigenvalue weighted by Crippen LogP contribution is -2.17. The Morgan fingerprint density at radius 1 is 1.00 bits per heavy atom. The molecule has 1 unspecified atom stereocenters. The zero-order valence-corrected chi connectivity index (χ0v) is 15.9. The van der Waals surface area contributed by atoms with Crippen LogP contribution in [0, 0.1) is 6.92 Å². The predicted octanol–water partition coefficient (Wildman–Crippen LogP) is 5.47. The van der Waals surface area contributed by atoms with Gasteiger partial charge in [0.2, 0.25) is 0 Å².